The maximum absolute atomic E-state index is 12.6. The monoisotopic (exact) mass is 588 g/mol. The van der Waals surface area contributed by atoms with Crippen LogP contribution in [-0.4, -0.2) is 66.9 Å². The van der Waals surface area contributed by atoms with Gasteiger partial charge in [-0.05, 0) is 55.3 Å². The number of hydrogen-bond donors (Lipinski definition) is 3. The lowest BCUT2D eigenvalue weighted by Gasteiger charge is -2.14. The van der Waals surface area contributed by atoms with E-state index in [9.17, 15) is 18.0 Å². The van der Waals surface area contributed by atoms with E-state index in [0.29, 0.717) is 48.8 Å². The van der Waals surface area contributed by atoms with Gasteiger partial charge in [0.15, 0.2) is 0 Å². The third-order valence-electron chi connectivity index (χ3n) is 6.07. The van der Waals surface area contributed by atoms with Crippen molar-refractivity contribution < 1.29 is 42.0 Å². The van der Waals surface area contributed by atoms with Crippen LogP contribution < -0.4 is 25.3 Å². The summed E-state index contributed by atoms with van der Waals surface area (Å²) in [6.07, 6.45) is 0.0892. The number of aromatic nitrogens is 2. The largest absolute Gasteiger partial charge is 0.573 e. The Bertz CT molecular complexity index is 1500. The summed E-state index contributed by atoms with van der Waals surface area (Å²) in [4.78, 5) is 20.4. The zero-order valence-electron chi connectivity index (χ0n) is 22.7. The molecule has 0 aliphatic carbocycles. The Labute approximate surface area is 239 Å². The van der Waals surface area contributed by atoms with E-state index in [1.165, 1.54) is 6.07 Å². The summed E-state index contributed by atoms with van der Waals surface area (Å²) in [6, 6.07) is 10.9. The zero-order chi connectivity index (χ0) is 30.0. The van der Waals surface area contributed by atoms with Gasteiger partial charge in [-0.25, -0.2) is 4.98 Å². The Morgan fingerprint density at radius 3 is 2.55 bits per heavy atom. The van der Waals surface area contributed by atoms with Gasteiger partial charge < -0.3 is 35.1 Å². The first-order valence-corrected chi connectivity index (χ1v) is 13.3. The Kier molecular flexibility index (Phi) is 10.7. The number of fused-ring (bicyclic) bond motifs is 3. The molecule has 4 N–H and O–H groups in total. The molecule has 2 aromatic carbocycles. The van der Waals surface area contributed by atoms with E-state index in [1.54, 1.807) is 36.7 Å². The molecule has 0 aliphatic heterocycles. The molecule has 4 rings (SSSR count). The quantitative estimate of drug-likeness (QED) is 0.130. The van der Waals surface area contributed by atoms with Crippen LogP contribution in [0, 0.1) is 0 Å². The van der Waals surface area contributed by atoms with Crippen LogP contribution in [-0.2, 0) is 11.3 Å². The third-order valence-corrected chi connectivity index (χ3v) is 6.07. The minimum absolute atomic E-state index is 0.0436. The molecule has 0 unspecified atom stereocenters. The second-order valence-electron chi connectivity index (χ2n) is 9.21. The van der Waals surface area contributed by atoms with E-state index >= 15 is 0 Å². The molecule has 0 atom stereocenters. The Morgan fingerprint density at radius 1 is 0.929 bits per heavy atom. The molecule has 1 amide bonds. The van der Waals surface area contributed by atoms with Gasteiger partial charge in [0.2, 0.25) is 11.8 Å². The highest BCUT2D eigenvalue weighted by molar-refractivity contribution is 6.09. The number of halogens is 3. The molecule has 2 heterocycles. The fourth-order valence-corrected chi connectivity index (χ4v) is 4.24. The van der Waals surface area contributed by atoms with E-state index in [-0.39, 0.29) is 31.3 Å². The van der Waals surface area contributed by atoms with Gasteiger partial charge in [0.25, 0.3) is 0 Å². The standard InChI is InChI=1S/C29H31F3N4O6/c30-29(31,32)42-22-14-19(13-21(16-22)40-10-8-37)17-34-6-1-2-9-39-11-12-41-28-24-5-7-35-18-25(24)23-4-3-20(27(33)38)15-26(23)36-28/h3-5,7,13-16,18,34,37H,1-2,6,8-12,17H2,(H2,33,38). The van der Waals surface area contributed by atoms with Crippen LogP contribution >= 0.6 is 0 Å². The second-order valence-corrected chi connectivity index (χ2v) is 9.21. The maximum Gasteiger partial charge on any atom is 0.573 e. The lowest BCUT2D eigenvalue weighted by molar-refractivity contribution is -0.274. The number of rotatable bonds is 16. The number of unbranched alkanes of at least 4 members (excludes halogenated alkanes) is 1. The van der Waals surface area contributed by atoms with Crippen LogP contribution in [0.4, 0.5) is 13.2 Å². The molecule has 0 saturated carbocycles. The lowest BCUT2D eigenvalue weighted by Crippen LogP contribution is -2.18. The Hall–Kier alpha value is -4.20. The summed E-state index contributed by atoms with van der Waals surface area (Å²) >= 11 is 0. The predicted molar refractivity (Wildman–Crippen MR) is 149 cm³/mol. The number of amides is 1. The smallest absolute Gasteiger partial charge is 0.491 e. The lowest BCUT2D eigenvalue weighted by atomic mass is 10.1. The molecular formula is C29H31F3N4O6. The molecule has 224 valence electrons. The highest BCUT2D eigenvalue weighted by Gasteiger charge is 2.31. The minimum atomic E-state index is -4.82. The van der Waals surface area contributed by atoms with E-state index in [0.717, 1.165) is 35.1 Å². The number of primary amides is 1. The van der Waals surface area contributed by atoms with Crippen LogP contribution in [0.5, 0.6) is 17.4 Å². The first kappa shape index (κ1) is 30.8. The normalized spacial score (nSPS) is 11.6. The molecule has 2 aromatic heterocycles. The number of aliphatic hydroxyl groups is 1. The van der Waals surface area contributed by atoms with Crippen molar-refractivity contribution in [3.63, 3.8) is 0 Å². The van der Waals surface area contributed by atoms with Crippen molar-refractivity contribution in [3.05, 3.63) is 66.0 Å². The third kappa shape index (κ3) is 8.90. The zero-order valence-corrected chi connectivity index (χ0v) is 22.7. The van der Waals surface area contributed by atoms with Crippen molar-refractivity contribution >= 4 is 27.6 Å². The predicted octanol–water partition coefficient (Wildman–Crippen LogP) is 4.12. The number of hydrogen-bond acceptors (Lipinski definition) is 9. The summed E-state index contributed by atoms with van der Waals surface area (Å²) < 4.78 is 58.8. The first-order chi connectivity index (χ1) is 20.2. The highest BCUT2D eigenvalue weighted by Crippen LogP contribution is 2.31. The van der Waals surface area contributed by atoms with Gasteiger partial charge in [-0.15, -0.1) is 13.2 Å². The molecule has 4 aromatic rings. The van der Waals surface area contributed by atoms with Crippen LogP contribution in [0.1, 0.15) is 28.8 Å². The van der Waals surface area contributed by atoms with Gasteiger partial charge in [-0.2, -0.15) is 0 Å². The summed E-state index contributed by atoms with van der Waals surface area (Å²) in [7, 11) is 0. The molecule has 0 fully saturated rings. The van der Waals surface area contributed by atoms with E-state index < -0.39 is 12.3 Å². The SMILES string of the molecule is NC(=O)c1ccc2c(c1)nc(OCCOCCCCNCc1cc(OCCO)cc(OC(F)(F)F)c1)c1ccncc12. The molecule has 0 spiro atoms. The number of nitrogens with zero attached hydrogens (tertiary/aromatic N) is 2. The highest BCUT2D eigenvalue weighted by atomic mass is 19.4. The summed E-state index contributed by atoms with van der Waals surface area (Å²) in [6.45, 7) is 1.72. The van der Waals surface area contributed by atoms with Crippen molar-refractivity contribution in [1.82, 2.24) is 15.3 Å². The van der Waals surface area contributed by atoms with E-state index in [4.69, 9.17) is 25.1 Å². The molecule has 10 nitrogen and oxygen atoms in total. The number of nitrogens with two attached hydrogens (primary N) is 1. The Balaban J connectivity index is 1.19. The number of nitrogens with one attached hydrogen (secondary N) is 1. The fourth-order valence-electron chi connectivity index (χ4n) is 4.24. The molecule has 0 saturated heterocycles. The van der Waals surface area contributed by atoms with E-state index in [1.807, 2.05) is 6.07 Å². The summed E-state index contributed by atoms with van der Waals surface area (Å²) in [5.74, 6) is -0.343. The average molecular weight is 589 g/mol. The van der Waals surface area contributed by atoms with Gasteiger partial charge in [-0.3, -0.25) is 9.78 Å². The molecule has 0 aliphatic rings. The van der Waals surface area contributed by atoms with Crippen LogP contribution in [0.25, 0.3) is 21.7 Å². The van der Waals surface area contributed by atoms with Crippen molar-refractivity contribution in [1.29, 1.82) is 0 Å². The number of aliphatic hydroxyl groups excluding tert-OH is 1. The molecule has 13 heteroatoms. The van der Waals surface area contributed by atoms with Crippen molar-refractivity contribution in [3.8, 4) is 17.4 Å². The van der Waals surface area contributed by atoms with Crippen molar-refractivity contribution in [2.45, 2.75) is 25.7 Å². The molecule has 42 heavy (non-hydrogen) atoms. The van der Waals surface area contributed by atoms with Crippen molar-refractivity contribution in [2.24, 2.45) is 5.73 Å². The fraction of sp³-hybridized carbons (Fsp3) is 0.345. The number of carbonyl (C=O) groups excluding carboxylic acids is 1. The van der Waals surface area contributed by atoms with Crippen molar-refractivity contribution in [2.75, 3.05) is 39.6 Å². The molecule has 0 bridgehead atoms. The van der Waals surface area contributed by atoms with Crippen LogP contribution in [0.3, 0.4) is 0 Å². The topological polar surface area (TPSA) is 138 Å². The summed E-state index contributed by atoms with van der Waals surface area (Å²) in [5, 5.41) is 14.6. The Morgan fingerprint density at radius 2 is 1.76 bits per heavy atom. The van der Waals surface area contributed by atoms with E-state index in [2.05, 4.69) is 20.0 Å². The average Bonchev–Trinajstić information content (AvgIpc) is 2.95. The second kappa shape index (κ2) is 14.6. The van der Waals surface area contributed by atoms with Gasteiger partial charge in [-0.1, -0.05) is 6.07 Å². The number of alkyl halides is 3. The number of benzene rings is 2. The minimum Gasteiger partial charge on any atom is -0.491 e. The first-order valence-electron chi connectivity index (χ1n) is 13.3. The maximum atomic E-state index is 12.6. The number of pyridine rings is 2. The van der Waals surface area contributed by atoms with Gasteiger partial charge >= 0.3 is 6.36 Å². The van der Waals surface area contributed by atoms with Gasteiger partial charge in [0.1, 0.15) is 24.7 Å². The number of ether oxygens (including phenoxy) is 4. The van der Waals surface area contributed by atoms with Crippen LogP contribution in [0.2, 0.25) is 0 Å². The molecule has 0 radical (unpaired) electrons. The van der Waals surface area contributed by atoms with Gasteiger partial charge in [0, 0.05) is 53.3 Å². The number of carbonyl (C=O) groups is 1. The van der Waals surface area contributed by atoms with Gasteiger partial charge in [0.05, 0.1) is 18.7 Å². The summed E-state index contributed by atoms with van der Waals surface area (Å²) in [5.41, 5.74) is 6.88. The molecular weight excluding hydrogens is 557 g/mol. The van der Waals surface area contributed by atoms with Crippen LogP contribution in [0.15, 0.2) is 54.9 Å².